The Kier molecular flexibility index (Phi) is 8.24. The SMILES string of the molecule is CCNC(=NCc1ccc2c(c1)OCO2)NCC(=O)NCc1ccco1.I. The maximum atomic E-state index is 11.9. The van der Waals surface area contributed by atoms with Crippen molar-refractivity contribution >= 4 is 35.8 Å². The van der Waals surface area contributed by atoms with E-state index in [-0.39, 0.29) is 43.2 Å². The number of furan rings is 1. The van der Waals surface area contributed by atoms with Crippen molar-refractivity contribution in [1.29, 1.82) is 0 Å². The summed E-state index contributed by atoms with van der Waals surface area (Å²) in [6.45, 7) is 3.85. The van der Waals surface area contributed by atoms with Crippen molar-refractivity contribution in [3.05, 3.63) is 47.9 Å². The Morgan fingerprint density at radius 2 is 2.00 bits per heavy atom. The first-order valence-corrected chi connectivity index (χ1v) is 8.44. The van der Waals surface area contributed by atoms with E-state index in [1.54, 1.807) is 12.3 Å². The molecule has 0 bridgehead atoms. The topological polar surface area (TPSA) is 97.1 Å². The number of carbonyl (C=O) groups is 1. The lowest BCUT2D eigenvalue weighted by Crippen LogP contribution is -2.43. The molecule has 2 heterocycles. The van der Waals surface area contributed by atoms with Gasteiger partial charge in [-0.05, 0) is 36.8 Å². The molecule has 3 rings (SSSR count). The van der Waals surface area contributed by atoms with Crippen LogP contribution in [0.5, 0.6) is 11.5 Å². The normalized spacial score (nSPS) is 12.3. The average Bonchev–Trinajstić information content (AvgIpc) is 3.33. The summed E-state index contributed by atoms with van der Waals surface area (Å²) < 4.78 is 15.8. The van der Waals surface area contributed by atoms with Crippen LogP contribution in [-0.2, 0) is 17.9 Å². The van der Waals surface area contributed by atoms with E-state index < -0.39 is 0 Å². The van der Waals surface area contributed by atoms with Crippen LogP contribution >= 0.6 is 24.0 Å². The Bertz CT molecular complexity index is 765. The van der Waals surface area contributed by atoms with Gasteiger partial charge in [-0.2, -0.15) is 0 Å². The van der Waals surface area contributed by atoms with Gasteiger partial charge in [0.2, 0.25) is 12.7 Å². The predicted octanol–water partition coefficient (Wildman–Crippen LogP) is 2.00. The number of hydrogen-bond donors (Lipinski definition) is 3. The number of carbonyl (C=O) groups excluding carboxylic acids is 1. The predicted molar refractivity (Wildman–Crippen MR) is 111 cm³/mol. The van der Waals surface area contributed by atoms with Crippen molar-refractivity contribution in [2.45, 2.75) is 20.0 Å². The van der Waals surface area contributed by atoms with E-state index in [9.17, 15) is 4.79 Å². The maximum absolute atomic E-state index is 11.9. The number of amides is 1. The third-order valence-corrected chi connectivity index (χ3v) is 3.66. The molecule has 27 heavy (non-hydrogen) atoms. The first-order valence-electron chi connectivity index (χ1n) is 8.44. The van der Waals surface area contributed by atoms with Crippen molar-refractivity contribution in [2.24, 2.45) is 4.99 Å². The first kappa shape index (κ1) is 20.9. The number of ether oxygens (including phenoxy) is 2. The third kappa shape index (κ3) is 6.35. The number of benzene rings is 1. The molecule has 1 aromatic heterocycles. The fourth-order valence-corrected chi connectivity index (χ4v) is 2.38. The van der Waals surface area contributed by atoms with Gasteiger partial charge in [-0.3, -0.25) is 4.79 Å². The summed E-state index contributed by atoms with van der Waals surface area (Å²) >= 11 is 0. The van der Waals surface area contributed by atoms with Crippen molar-refractivity contribution < 1.29 is 18.7 Å². The van der Waals surface area contributed by atoms with Crippen LogP contribution in [0.4, 0.5) is 0 Å². The molecule has 0 fully saturated rings. The van der Waals surface area contributed by atoms with E-state index in [0.717, 1.165) is 17.1 Å². The lowest BCUT2D eigenvalue weighted by molar-refractivity contribution is -0.120. The van der Waals surface area contributed by atoms with Crippen molar-refractivity contribution in [3.8, 4) is 11.5 Å². The summed E-state index contributed by atoms with van der Waals surface area (Å²) in [5, 5.41) is 8.90. The van der Waals surface area contributed by atoms with Crippen LogP contribution in [0, 0.1) is 0 Å². The second kappa shape index (κ2) is 10.7. The minimum atomic E-state index is -0.143. The molecule has 2 aromatic rings. The number of fused-ring (bicyclic) bond motifs is 1. The van der Waals surface area contributed by atoms with Crippen LogP contribution in [0.25, 0.3) is 0 Å². The molecule has 0 unspecified atom stereocenters. The van der Waals surface area contributed by atoms with Crippen LogP contribution in [0.1, 0.15) is 18.2 Å². The van der Waals surface area contributed by atoms with E-state index >= 15 is 0 Å². The first-order chi connectivity index (χ1) is 12.7. The average molecular weight is 486 g/mol. The van der Waals surface area contributed by atoms with Crippen LogP contribution < -0.4 is 25.4 Å². The highest BCUT2D eigenvalue weighted by Gasteiger charge is 2.13. The van der Waals surface area contributed by atoms with Gasteiger partial charge in [0.25, 0.3) is 0 Å². The van der Waals surface area contributed by atoms with Gasteiger partial charge in [-0.1, -0.05) is 6.07 Å². The molecule has 0 radical (unpaired) electrons. The zero-order chi connectivity index (χ0) is 18.2. The Balaban J connectivity index is 0.00000261. The summed E-state index contributed by atoms with van der Waals surface area (Å²) in [4.78, 5) is 16.4. The van der Waals surface area contributed by atoms with Gasteiger partial charge in [-0.15, -0.1) is 24.0 Å². The molecule has 0 atom stereocenters. The molecule has 1 aliphatic rings. The monoisotopic (exact) mass is 486 g/mol. The number of aliphatic imine (C=N–C) groups is 1. The fourth-order valence-electron chi connectivity index (χ4n) is 2.38. The number of nitrogens with one attached hydrogen (secondary N) is 3. The number of nitrogens with zero attached hydrogens (tertiary/aromatic N) is 1. The van der Waals surface area contributed by atoms with Crippen LogP contribution in [0.15, 0.2) is 46.0 Å². The van der Waals surface area contributed by atoms with Gasteiger partial charge in [0.1, 0.15) is 5.76 Å². The highest BCUT2D eigenvalue weighted by atomic mass is 127. The Hall–Kier alpha value is -2.43. The van der Waals surface area contributed by atoms with Gasteiger partial charge in [0.05, 0.1) is 25.9 Å². The number of hydrogen-bond acceptors (Lipinski definition) is 5. The summed E-state index contributed by atoms with van der Waals surface area (Å²) in [5.41, 5.74) is 0.994. The molecule has 3 N–H and O–H groups in total. The molecule has 0 saturated carbocycles. The minimum Gasteiger partial charge on any atom is -0.467 e. The molecular weight excluding hydrogens is 463 g/mol. The van der Waals surface area contributed by atoms with Gasteiger partial charge < -0.3 is 29.8 Å². The smallest absolute Gasteiger partial charge is 0.239 e. The second-order valence-electron chi connectivity index (χ2n) is 5.59. The Morgan fingerprint density at radius 3 is 2.78 bits per heavy atom. The zero-order valence-electron chi connectivity index (χ0n) is 15.0. The molecule has 8 nitrogen and oxygen atoms in total. The van der Waals surface area contributed by atoms with Gasteiger partial charge in [-0.25, -0.2) is 4.99 Å². The van der Waals surface area contributed by atoms with Crippen LogP contribution in [0.2, 0.25) is 0 Å². The molecule has 1 amide bonds. The molecule has 0 aliphatic carbocycles. The summed E-state index contributed by atoms with van der Waals surface area (Å²) in [5.74, 6) is 2.61. The lowest BCUT2D eigenvalue weighted by atomic mass is 10.2. The van der Waals surface area contributed by atoms with Crippen molar-refractivity contribution in [1.82, 2.24) is 16.0 Å². The van der Waals surface area contributed by atoms with E-state index in [0.29, 0.717) is 31.4 Å². The third-order valence-electron chi connectivity index (χ3n) is 3.66. The largest absolute Gasteiger partial charge is 0.467 e. The van der Waals surface area contributed by atoms with Crippen molar-refractivity contribution in [2.75, 3.05) is 19.9 Å². The maximum Gasteiger partial charge on any atom is 0.239 e. The van der Waals surface area contributed by atoms with E-state index in [1.807, 2.05) is 31.2 Å². The second-order valence-corrected chi connectivity index (χ2v) is 5.59. The van der Waals surface area contributed by atoms with Gasteiger partial charge >= 0.3 is 0 Å². The molecule has 0 saturated heterocycles. The standard InChI is InChI=1S/C18H22N4O4.HI/c1-2-19-18(22-11-17(23)20-10-14-4-3-7-24-14)21-9-13-5-6-15-16(8-13)26-12-25-15;/h3-8H,2,9-12H2,1H3,(H,20,23)(H2,19,21,22);1H. The Morgan fingerprint density at radius 1 is 1.15 bits per heavy atom. The lowest BCUT2D eigenvalue weighted by Gasteiger charge is -2.11. The molecule has 146 valence electrons. The molecule has 1 aromatic carbocycles. The number of guanidine groups is 1. The highest BCUT2D eigenvalue weighted by molar-refractivity contribution is 14.0. The van der Waals surface area contributed by atoms with E-state index in [4.69, 9.17) is 13.9 Å². The Labute approximate surface area is 174 Å². The molecule has 9 heteroatoms. The van der Waals surface area contributed by atoms with Crippen molar-refractivity contribution in [3.63, 3.8) is 0 Å². The number of halogens is 1. The van der Waals surface area contributed by atoms with Gasteiger partial charge in [0.15, 0.2) is 17.5 Å². The molecule has 0 spiro atoms. The number of rotatable bonds is 7. The molecular formula is C18H23IN4O4. The summed E-state index contributed by atoms with van der Waals surface area (Å²) in [6, 6.07) is 9.31. The summed E-state index contributed by atoms with van der Waals surface area (Å²) in [7, 11) is 0. The van der Waals surface area contributed by atoms with E-state index in [2.05, 4.69) is 20.9 Å². The fraction of sp³-hybridized carbons (Fsp3) is 0.333. The highest BCUT2D eigenvalue weighted by Crippen LogP contribution is 2.32. The van der Waals surface area contributed by atoms with Gasteiger partial charge in [0, 0.05) is 6.54 Å². The molecule has 1 aliphatic heterocycles. The zero-order valence-corrected chi connectivity index (χ0v) is 17.3. The summed E-state index contributed by atoms with van der Waals surface area (Å²) in [6.07, 6.45) is 1.58. The minimum absolute atomic E-state index is 0. The van der Waals surface area contributed by atoms with E-state index in [1.165, 1.54) is 0 Å². The quantitative estimate of drug-likeness (QED) is 0.315. The van der Waals surface area contributed by atoms with Crippen LogP contribution in [-0.4, -0.2) is 31.7 Å². The van der Waals surface area contributed by atoms with Crippen LogP contribution in [0.3, 0.4) is 0 Å².